The van der Waals surface area contributed by atoms with Crippen LogP contribution in [0.5, 0.6) is 0 Å². The molecule has 0 saturated carbocycles. The number of aromatic nitrogens is 2. The number of aliphatic imine (C=N–C) groups is 1. The first-order valence-corrected chi connectivity index (χ1v) is 10.8. The number of rotatable bonds is 7. The molecule has 1 fully saturated rings. The molecule has 1 aromatic heterocycles. The quantitative estimate of drug-likeness (QED) is 0.286. The van der Waals surface area contributed by atoms with E-state index in [0.717, 1.165) is 44.3 Å². The fourth-order valence-electron chi connectivity index (χ4n) is 4.14. The monoisotopic (exact) mass is 540 g/mol. The summed E-state index contributed by atoms with van der Waals surface area (Å²) in [5.74, 6) is 0.803. The Hall–Kier alpha value is -1.65. The molecule has 3 rings (SSSR count). The van der Waals surface area contributed by atoms with Crippen molar-refractivity contribution in [3.63, 3.8) is 0 Å². The van der Waals surface area contributed by atoms with E-state index in [1.54, 1.807) is 0 Å². The van der Waals surface area contributed by atoms with E-state index in [0.29, 0.717) is 6.54 Å². The van der Waals surface area contributed by atoms with Crippen molar-refractivity contribution in [3.8, 4) is 0 Å². The van der Waals surface area contributed by atoms with Crippen LogP contribution < -0.4 is 16.0 Å². The second-order valence-corrected chi connectivity index (χ2v) is 8.22. The van der Waals surface area contributed by atoms with Gasteiger partial charge in [-0.15, -0.1) is 24.0 Å². The fraction of sp³-hybridized carbons (Fsp3) is 0.565. The lowest BCUT2D eigenvalue weighted by Gasteiger charge is -2.41. The highest BCUT2D eigenvalue weighted by atomic mass is 127. The number of nitrogens with zero attached hydrogens (tertiary/aromatic N) is 3. The molecular formula is C23H37IN6O. The Balaban J connectivity index is 0.00000341. The van der Waals surface area contributed by atoms with Crippen LogP contribution >= 0.6 is 24.0 Å². The van der Waals surface area contributed by atoms with Crippen LogP contribution in [0.25, 0.3) is 0 Å². The number of hydrogen-bond donors (Lipinski definition) is 3. The van der Waals surface area contributed by atoms with E-state index in [-0.39, 0.29) is 35.6 Å². The molecular weight excluding hydrogens is 503 g/mol. The molecule has 0 radical (unpaired) electrons. The minimum atomic E-state index is -0.0364. The van der Waals surface area contributed by atoms with E-state index in [1.165, 1.54) is 16.8 Å². The number of hydrogen-bond acceptors (Lipinski definition) is 4. The van der Waals surface area contributed by atoms with Gasteiger partial charge in [-0.3, -0.25) is 9.67 Å². The number of guanidine groups is 1. The molecule has 1 saturated heterocycles. The Morgan fingerprint density at radius 1 is 1.19 bits per heavy atom. The van der Waals surface area contributed by atoms with E-state index >= 15 is 0 Å². The Bertz CT molecular complexity index is 845. The van der Waals surface area contributed by atoms with Crippen LogP contribution in [0, 0.1) is 13.8 Å². The van der Waals surface area contributed by atoms with Gasteiger partial charge in [0.25, 0.3) is 0 Å². The molecule has 1 unspecified atom stereocenters. The molecule has 1 aromatic carbocycles. The first-order valence-electron chi connectivity index (χ1n) is 10.8. The molecule has 0 bridgehead atoms. The van der Waals surface area contributed by atoms with Crippen LogP contribution in [0.1, 0.15) is 48.3 Å². The Kier molecular flexibility index (Phi) is 9.77. The van der Waals surface area contributed by atoms with Crippen molar-refractivity contribution in [2.75, 3.05) is 26.8 Å². The van der Waals surface area contributed by atoms with Gasteiger partial charge in [0.2, 0.25) is 0 Å². The third kappa shape index (κ3) is 6.66. The van der Waals surface area contributed by atoms with Gasteiger partial charge < -0.3 is 20.7 Å². The van der Waals surface area contributed by atoms with Crippen LogP contribution in [0.15, 0.2) is 35.3 Å². The second kappa shape index (κ2) is 11.8. The zero-order valence-corrected chi connectivity index (χ0v) is 21.7. The van der Waals surface area contributed by atoms with Gasteiger partial charge in [-0.2, -0.15) is 5.10 Å². The highest BCUT2D eigenvalue weighted by Gasteiger charge is 2.34. The second-order valence-electron chi connectivity index (χ2n) is 8.22. The summed E-state index contributed by atoms with van der Waals surface area (Å²) in [4.78, 5) is 4.43. The van der Waals surface area contributed by atoms with Gasteiger partial charge in [0, 0.05) is 63.2 Å². The molecule has 3 N–H and O–H groups in total. The minimum absolute atomic E-state index is 0. The number of aryl methyl sites for hydroxylation is 2. The zero-order chi connectivity index (χ0) is 21.6. The molecule has 7 nitrogen and oxygen atoms in total. The first-order chi connectivity index (χ1) is 14.4. The molecule has 2 aromatic rings. The molecule has 8 heteroatoms. The van der Waals surface area contributed by atoms with Crippen molar-refractivity contribution in [1.82, 2.24) is 25.7 Å². The Morgan fingerprint density at radius 3 is 2.45 bits per heavy atom. The van der Waals surface area contributed by atoms with Crippen molar-refractivity contribution >= 4 is 29.9 Å². The smallest absolute Gasteiger partial charge is 0.191 e. The normalized spacial score (nSPS) is 17.0. The van der Waals surface area contributed by atoms with Crippen molar-refractivity contribution in [1.29, 1.82) is 0 Å². The molecule has 31 heavy (non-hydrogen) atoms. The third-order valence-corrected chi connectivity index (χ3v) is 6.18. The van der Waals surface area contributed by atoms with E-state index in [1.807, 2.05) is 25.7 Å². The summed E-state index contributed by atoms with van der Waals surface area (Å²) in [6.45, 7) is 9.42. The minimum Gasteiger partial charge on any atom is -0.381 e. The summed E-state index contributed by atoms with van der Waals surface area (Å²) in [7, 11) is 3.79. The summed E-state index contributed by atoms with van der Waals surface area (Å²) in [5, 5.41) is 15.4. The van der Waals surface area contributed by atoms with Crippen LogP contribution in [-0.2, 0) is 18.3 Å². The lowest BCUT2D eigenvalue weighted by atomic mass is 9.88. The predicted octanol–water partition coefficient (Wildman–Crippen LogP) is 3.22. The SMILES string of the molecule is CN=C(NCc1c(C)nn(C)c1C)NCC1(NC(C)c2ccccc2)CCOCC1.I. The molecule has 0 amide bonds. The van der Waals surface area contributed by atoms with Crippen LogP contribution in [0.4, 0.5) is 0 Å². The average Bonchev–Trinajstić information content (AvgIpc) is 3.00. The first kappa shape index (κ1) is 25.6. The van der Waals surface area contributed by atoms with E-state index < -0.39 is 0 Å². The van der Waals surface area contributed by atoms with E-state index in [9.17, 15) is 0 Å². The zero-order valence-electron chi connectivity index (χ0n) is 19.4. The number of halogens is 1. The van der Waals surface area contributed by atoms with Gasteiger partial charge in [0.05, 0.1) is 5.69 Å². The molecule has 0 aliphatic carbocycles. The van der Waals surface area contributed by atoms with E-state index in [2.05, 4.69) is 70.2 Å². The molecule has 1 atom stereocenters. The van der Waals surface area contributed by atoms with Crippen LogP contribution in [0.2, 0.25) is 0 Å². The van der Waals surface area contributed by atoms with Gasteiger partial charge in [0.1, 0.15) is 0 Å². The topological polar surface area (TPSA) is 75.5 Å². The molecule has 2 heterocycles. The van der Waals surface area contributed by atoms with Crippen molar-refractivity contribution in [2.45, 2.75) is 51.7 Å². The van der Waals surface area contributed by atoms with E-state index in [4.69, 9.17) is 4.74 Å². The standard InChI is InChI=1S/C23H36N6O.HI/c1-17(20-9-7-6-8-10-20)27-23(11-13-30-14-12-23)16-26-22(24-4)25-15-21-18(2)28-29(5)19(21)3;/h6-10,17,27H,11-16H2,1-5H3,(H2,24,25,26);1H. The maximum atomic E-state index is 5.66. The molecule has 0 spiro atoms. The number of ether oxygens (including phenoxy) is 1. The summed E-state index contributed by atoms with van der Waals surface area (Å²) in [5.41, 5.74) is 4.71. The molecule has 1 aliphatic rings. The lowest BCUT2D eigenvalue weighted by molar-refractivity contribution is 0.0355. The average molecular weight is 540 g/mol. The van der Waals surface area contributed by atoms with Crippen molar-refractivity contribution < 1.29 is 4.74 Å². The summed E-state index contributed by atoms with van der Waals surface area (Å²) in [6.07, 6.45) is 1.93. The predicted molar refractivity (Wildman–Crippen MR) is 137 cm³/mol. The van der Waals surface area contributed by atoms with Gasteiger partial charge in [-0.1, -0.05) is 30.3 Å². The van der Waals surface area contributed by atoms with Crippen molar-refractivity contribution in [3.05, 3.63) is 52.8 Å². The van der Waals surface area contributed by atoms with Gasteiger partial charge in [-0.25, -0.2) is 0 Å². The number of nitrogens with one attached hydrogen (secondary N) is 3. The maximum Gasteiger partial charge on any atom is 0.191 e. The van der Waals surface area contributed by atoms with Crippen molar-refractivity contribution in [2.24, 2.45) is 12.0 Å². The highest BCUT2D eigenvalue weighted by Crippen LogP contribution is 2.25. The maximum absolute atomic E-state index is 5.66. The van der Waals surface area contributed by atoms with Crippen LogP contribution in [-0.4, -0.2) is 48.1 Å². The Morgan fingerprint density at radius 2 is 1.87 bits per heavy atom. The summed E-state index contributed by atoms with van der Waals surface area (Å²) < 4.78 is 7.58. The van der Waals surface area contributed by atoms with Crippen LogP contribution in [0.3, 0.4) is 0 Å². The van der Waals surface area contributed by atoms with Gasteiger partial charge in [0.15, 0.2) is 5.96 Å². The summed E-state index contributed by atoms with van der Waals surface area (Å²) in [6, 6.07) is 10.9. The van der Waals surface area contributed by atoms with Gasteiger partial charge in [-0.05, 0) is 39.2 Å². The lowest BCUT2D eigenvalue weighted by Crippen LogP contribution is -2.58. The molecule has 172 valence electrons. The van der Waals surface area contributed by atoms with Gasteiger partial charge >= 0.3 is 0 Å². The molecule has 1 aliphatic heterocycles. The largest absolute Gasteiger partial charge is 0.381 e. The number of benzene rings is 1. The fourth-order valence-corrected chi connectivity index (χ4v) is 4.14. The third-order valence-electron chi connectivity index (χ3n) is 6.18. The summed E-state index contributed by atoms with van der Waals surface area (Å²) >= 11 is 0. The Labute approximate surface area is 203 Å². The highest BCUT2D eigenvalue weighted by molar-refractivity contribution is 14.0.